The van der Waals surface area contributed by atoms with Crippen LogP contribution in [0, 0.1) is 17.0 Å². The summed E-state index contributed by atoms with van der Waals surface area (Å²) in [5, 5.41) is 19.9. The van der Waals surface area contributed by atoms with Crippen molar-refractivity contribution in [1.82, 2.24) is 10.2 Å². The summed E-state index contributed by atoms with van der Waals surface area (Å²) in [7, 11) is 0. The van der Waals surface area contributed by atoms with Gasteiger partial charge < -0.3 is 0 Å². The molecule has 1 aromatic heterocycles. The Morgan fingerprint density at radius 1 is 1.44 bits per heavy atom. The molecule has 0 fully saturated rings. The minimum atomic E-state index is -0.393. The Kier molecular flexibility index (Phi) is 3.58. The Hall–Kier alpha value is -1.53. The molecule has 1 atom stereocenters. The van der Waals surface area contributed by atoms with E-state index in [2.05, 4.69) is 10.2 Å². The van der Waals surface area contributed by atoms with Crippen LogP contribution in [-0.4, -0.2) is 15.1 Å². The molecule has 0 aliphatic carbocycles. The number of aryl methyl sites for hydroxylation is 1. The van der Waals surface area contributed by atoms with Gasteiger partial charge in [-0.25, -0.2) is 0 Å². The summed E-state index contributed by atoms with van der Waals surface area (Å²) in [6, 6.07) is 5.14. The van der Waals surface area contributed by atoms with E-state index in [4.69, 9.17) is 11.6 Å². The van der Waals surface area contributed by atoms with Crippen LogP contribution in [0.15, 0.2) is 18.2 Å². The van der Waals surface area contributed by atoms with Crippen molar-refractivity contribution < 1.29 is 4.92 Å². The molecule has 5 nitrogen and oxygen atoms in total. The summed E-state index contributed by atoms with van der Waals surface area (Å²) in [5.74, 6) is 0. The van der Waals surface area contributed by atoms with Gasteiger partial charge in [0.05, 0.1) is 15.9 Å². The SMILES string of the molecule is Cc1cccc(-c2nnc(C(C)Cl)s2)c1[N+](=O)[O-]. The van der Waals surface area contributed by atoms with Gasteiger partial charge >= 0.3 is 0 Å². The molecule has 94 valence electrons. The lowest BCUT2D eigenvalue weighted by atomic mass is 10.1. The van der Waals surface area contributed by atoms with Crippen LogP contribution in [0.4, 0.5) is 5.69 Å². The van der Waals surface area contributed by atoms with Gasteiger partial charge in [-0.05, 0) is 19.9 Å². The number of aromatic nitrogens is 2. The van der Waals surface area contributed by atoms with Crippen LogP contribution >= 0.6 is 22.9 Å². The second kappa shape index (κ2) is 4.99. The van der Waals surface area contributed by atoms with Crippen LogP contribution < -0.4 is 0 Å². The maximum Gasteiger partial charge on any atom is 0.282 e. The second-order valence-corrected chi connectivity index (χ2v) is 5.45. The third-order valence-corrected chi connectivity index (χ3v) is 3.91. The van der Waals surface area contributed by atoms with Crippen LogP contribution in [0.3, 0.4) is 0 Å². The molecule has 0 radical (unpaired) electrons. The van der Waals surface area contributed by atoms with Gasteiger partial charge in [-0.15, -0.1) is 21.8 Å². The molecule has 0 N–H and O–H groups in total. The van der Waals surface area contributed by atoms with Crippen molar-refractivity contribution in [3.63, 3.8) is 0 Å². The summed E-state index contributed by atoms with van der Waals surface area (Å²) in [4.78, 5) is 10.7. The first kappa shape index (κ1) is 12.9. The van der Waals surface area contributed by atoms with Crippen molar-refractivity contribution in [2.24, 2.45) is 0 Å². The van der Waals surface area contributed by atoms with E-state index < -0.39 is 4.92 Å². The summed E-state index contributed by atoms with van der Waals surface area (Å²) in [6.07, 6.45) is 0. The van der Waals surface area contributed by atoms with E-state index in [1.165, 1.54) is 11.3 Å². The van der Waals surface area contributed by atoms with Gasteiger partial charge in [-0.2, -0.15) is 0 Å². The number of nitrogens with zero attached hydrogens (tertiary/aromatic N) is 3. The summed E-state index contributed by atoms with van der Waals surface area (Å²) >= 11 is 7.19. The fourth-order valence-corrected chi connectivity index (χ4v) is 2.55. The Labute approximate surface area is 113 Å². The van der Waals surface area contributed by atoms with Crippen molar-refractivity contribution in [1.29, 1.82) is 0 Å². The summed E-state index contributed by atoms with van der Waals surface area (Å²) in [5.41, 5.74) is 1.16. The highest BCUT2D eigenvalue weighted by Crippen LogP contribution is 2.36. The van der Waals surface area contributed by atoms with Gasteiger partial charge in [0.15, 0.2) is 5.01 Å². The molecule has 1 heterocycles. The Morgan fingerprint density at radius 2 is 2.17 bits per heavy atom. The van der Waals surface area contributed by atoms with E-state index in [0.717, 1.165) is 0 Å². The molecular formula is C11H10ClN3O2S. The van der Waals surface area contributed by atoms with Gasteiger partial charge in [0.25, 0.3) is 5.69 Å². The number of halogens is 1. The molecule has 0 bridgehead atoms. The average Bonchev–Trinajstić information content (AvgIpc) is 2.77. The van der Waals surface area contributed by atoms with E-state index in [9.17, 15) is 10.1 Å². The number of alkyl halides is 1. The van der Waals surface area contributed by atoms with Crippen molar-refractivity contribution in [2.45, 2.75) is 19.2 Å². The van der Waals surface area contributed by atoms with Crippen LogP contribution in [0.5, 0.6) is 0 Å². The number of hydrogen-bond donors (Lipinski definition) is 0. The predicted octanol–water partition coefficient (Wildman–Crippen LogP) is 3.72. The Balaban J connectivity index is 2.56. The Morgan fingerprint density at radius 3 is 2.72 bits per heavy atom. The molecule has 1 unspecified atom stereocenters. The van der Waals surface area contributed by atoms with Crippen LogP contribution in [-0.2, 0) is 0 Å². The molecule has 2 rings (SSSR count). The van der Waals surface area contributed by atoms with Crippen LogP contribution in [0.25, 0.3) is 10.6 Å². The van der Waals surface area contributed by atoms with E-state index in [-0.39, 0.29) is 11.1 Å². The van der Waals surface area contributed by atoms with Crippen LogP contribution in [0.2, 0.25) is 0 Å². The molecule has 0 saturated carbocycles. The first-order chi connectivity index (χ1) is 8.50. The van der Waals surface area contributed by atoms with Gasteiger partial charge in [0.1, 0.15) is 5.01 Å². The first-order valence-corrected chi connectivity index (χ1v) is 6.48. The van der Waals surface area contributed by atoms with E-state index in [0.29, 0.717) is 21.1 Å². The minimum absolute atomic E-state index is 0.0717. The standard InChI is InChI=1S/C11H10ClN3O2S/c1-6-4-3-5-8(9(6)15(16)17)11-14-13-10(18-11)7(2)12/h3-5,7H,1-2H3. The molecule has 18 heavy (non-hydrogen) atoms. The highest BCUT2D eigenvalue weighted by atomic mass is 35.5. The second-order valence-electron chi connectivity index (χ2n) is 3.79. The van der Waals surface area contributed by atoms with Crippen molar-refractivity contribution in [3.8, 4) is 10.6 Å². The molecule has 0 spiro atoms. The maximum atomic E-state index is 11.1. The van der Waals surface area contributed by atoms with E-state index in [1.807, 2.05) is 0 Å². The van der Waals surface area contributed by atoms with Gasteiger partial charge in [-0.3, -0.25) is 10.1 Å². The number of hydrogen-bond acceptors (Lipinski definition) is 5. The minimum Gasteiger partial charge on any atom is -0.258 e. The van der Waals surface area contributed by atoms with Gasteiger partial charge in [0.2, 0.25) is 0 Å². The fraction of sp³-hybridized carbons (Fsp3) is 0.273. The number of benzene rings is 1. The molecular weight excluding hydrogens is 274 g/mol. The monoisotopic (exact) mass is 283 g/mol. The first-order valence-electron chi connectivity index (χ1n) is 5.22. The lowest BCUT2D eigenvalue weighted by Gasteiger charge is -2.01. The zero-order chi connectivity index (χ0) is 13.3. The number of nitro groups is 1. The van der Waals surface area contributed by atoms with Crippen molar-refractivity contribution in [2.75, 3.05) is 0 Å². The van der Waals surface area contributed by atoms with Crippen LogP contribution in [0.1, 0.15) is 22.9 Å². The normalized spacial score (nSPS) is 12.4. The molecule has 7 heteroatoms. The third-order valence-electron chi connectivity index (χ3n) is 2.43. The van der Waals surface area contributed by atoms with E-state index in [1.54, 1.807) is 32.0 Å². The summed E-state index contributed by atoms with van der Waals surface area (Å²) in [6.45, 7) is 3.49. The zero-order valence-electron chi connectivity index (χ0n) is 9.75. The number of rotatable bonds is 3. The third kappa shape index (κ3) is 2.34. The largest absolute Gasteiger partial charge is 0.282 e. The van der Waals surface area contributed by atoms with E-state index >= 15 is 0 Å². The average molecular weight is 284 g/mol. The number of nitro benzene ring substituents is 1. The molecule has 0 amide bonds. The predicted molar refractivity (Wildman–Crippen MR) is 71.0 cm³/mol. The molecule has 0 aliphatic heterocycles. The lowest BCUT2D eigenvalue weighted by Crippen LogP contribution is -1.94. The highest BCUT2D eigenvalue weighted by Gasteiger charge is 2.21. The fourth-order valence-electron chi connectivity index (χ4n) is 1.58. The zero-order valence-corrected chi connectivity index (χ0v) is 11.3. The Bertz CT molecular complexity index is 598. The molecule has 2 aromatic rings. The lowest BCUT2D eigenvalue weighted by molar-refractivity contribution is -0.384. The van der Waals surface area contributed by atoms with Gasteiger partial charge in [0, 0.05) is 5.56 Å². The van der Waals surface area contributed by atoms with Gasteiger partial charge in [-0.1, -0.05) is 23.5 Å². The maximum absolute atomic E-state index is 11.1. The van der Waals surface area contributed by atoms with Crippen molar-refractivity contribution in [3.05, 3.63) is 38.9 Å². The smallest absolute Gasteiger partial charge is 0.258 e. The molecule has 0 aliphatic rings. The molecule has 0 saturated heterocycles. The molecule has 1 aromatic carbocycles. The highest BCUT2D eigenvalue weighted by molar-refractivity contribution is 7.15. The van der Waals surface area contributed by atoms with Crippen molar-refractivity contribution >= 4 is 28.6 Å². The quantitative estimate of drug-likeness (QED) is 0.489. The number of para-hydroxylation sites is 1. The summed E-state index contributed by atoms with van der Waals surface area (Å²) < 4.78 is 0. The topological polar surface area (TPSA) is 68.9 Å².